The maximum absolute atomic E-state index is 12.5. The molecule has 0 amide bonds. The largest absolute Gasteiger partial charge is 0.416 e. The fraction of sp³-hybridized carbons (Fsp3) is 0.538. The average molecular weight is 334 g/mol. The lowest BCUT2D eigenvalue weighted by atomic mass is 10.1. The Morgan fingerprint density at radius 3 is 2.24 bits per heavy atom. The maximum atomic E-state index is 12.5. The van der Waals surface area contributed by atoms with Crippen LogP contribution < -0.4 is 5.32 Å². The molecule has 1 unspecified atom stereocenters. The number of rotatable bonds is 5. The number of alkyl halides is 6. The van der Waals surface area contributed by atoms with Gasteiger partial charge < -0.3 is 5.32 Å². The highest BCUT2D eigenvalue weighted by molar-refractivity contribution is 6.33. The monoisotopic (exact) mass is 333 g/mol. The Labute approximate surface area is 123 Å². The molecule has 0 aliphatic heterocycles. The van der Waals surface area contributed by atoms with E-state index in [1.807, 2.05) is 0 Å². The molecule has 0 aliphatic rings. The minimum absolute atomic E-state index is 0.0596. The van der Waals surface area contributed by atoms with Crippen molar-refractivity contribution in [2.45, 2.75) is 44.6 Å². The SMILES string of the molecule is CC(CCCC(F)(F)F)Nc1ccc(C(F)(F)F)cc1Cl. The molecule has 1 nitrogen and oxygen atoms in total. The summed E-state index contributed by atoms with van der Waals surface area (Å²) in [6.07, 6.45) is -9.40. The zero-order valence-electron chi connectivity index (χ0n) is 11.1. The lowest BCUT2D eigenvalue weighted by molar-refractivity contribution is -0.137. The van der Waals surface area contributed by atoms with Crippen LogP contribution in [0.4, 0.5) is 32.0 Å². The zero-order valence-corrected chi connectivity index (χ0v) is 11.8. The number of halogens is 7. The van der Waals surface area contributed by atoms with Crippen molar-refractivity contribution in [3.63, 3.8) is 0 Å². The zero-order chi connectivity index (χ0) is 16.3. The molecule has 0 radical (unpaired) electrons. The van der Waals surface area contributed by atoms with E-state index in [-0.39, 0.29) is 29.6 Å². The third-order valence-corrected chi connectivity index (χ3v) is 3.11. The summed E-state index contributed by atoms with van der Waals surface area (Å²) in [6.45, 7) is 1.64. The summed E-state index contributed by atoms with van der Waals surface area (Å²) in [4.78, 5) is 0. The summed E-state index contributed by atoms with van der Waals surface area (Å²) < 4.78 is 73.4. The topological polar surface area (TPSA) is 12.0 Å². The number of hydrogen-bond donors (Lipinski definition) is 1. The Hall–Kier alpha value is -1.11. The molecule has 0 bridgehead atoms. The van der Waals surface area contributed by atoms with E-state index in [0.717, 1.165) is 12.1 Å². The Kier molecular flexibility index (Phi) is 5.78. The molecule has 1 rings (SSSR count). The van der Waals surface area contributed by atoms with Crippen LogP contribution in [-0.4, -0.2) is 12.2 Å². The average Bonchev–Trinajstić information content (AvgIpc) is 2.28. The van der Waals surface area contributed by atoms with Gasteiger partial charge in [-0.3, -0.25) is 0 Å². The molecular weight excluding hydrogens is 320 g/mol. The highest BCUT2D eigenvalue weighted by Gasteiger charge is 2.31. The Bertz CT molecular complexity index is 469. The van der Waals surface area contributed by atoms with Crippen molar-refractivity contribution in [3.05, 3.63) is 28.8 Å². The van der Waals surface area contributed by atoms with Gasteiger partial charge in [-0.05, 0) is 38.0 Å². The first-order chi connectivity index (χ1) is 9.49. The summed E-state index contributed by atoms with van der Waals surface area (Å²) in [6, 6.07) is 2.50. The smallest absolute Gasteiger partial charge is 0.381 e. The molecule has 0 aliphatic carbocycles. The number of anilines is 1. The van der Waals surface area contributed by atoms with Crippen LogP contribution >= 0.6 is 11.6 Å². The second-order valence-electron chi connectivity index (χ2n) is 4.75. The molecule has 1 aromatic carbocycles. The molecule has 0 heterocycles. The summed E-state index contributed by atoms with van der Waals surface area (Å²) in [5.41, 5.74) is -0.605. The van der Waals surface area contributed by atoms with Gasteiger partial charge in [-0.25, -0.2) is 0 Å². The summed E-state index contributed by atoms with van der Waals surface area (Å²) >= 11 is 5.74. The minimum atomic E-state index is -4.49. The van der Waals surface area contributed by atoms with Crippen LogP contribution in [0.1, 0.15) is 31.7 Å². The van der Waals surface area contributed by atoms with Gasteiger partial charge in [-0.15, -0.1) is 0 Å². The minimum Gasteiger partial charge on any atom is -0.381 e. The highest BCUT2D eigenvalue weighted by Crippen LogP contribution is 2.34. The molecule has 1 N–H and O–H groups in total. The molecule has 1 atom stereocenters. The van der Waals surface area contributed by atoms with Gasteiger partial charge in [0.05, 0.1) is 16.3 Å². The van der Waals surface area contributed by atoms with Crippen LogP contribution in [0.3, 0.4) is 0 Å². The van der Waals surface area contributed by atoms with E-state index in [0.29, 0.717) is 0 Å². The second kappa shape index (κ2) is 6.77. The van der Waals surface area contributed by atoms with Crippen molar-refractivity contribution in [2.75, 3.05) is 5.32 Å². The van der Waals surface area contributed by atoms with Gasteiger partial charge in [-0.2, -0.15) is 26.3 Å². The maximum Gasteiger partial charge on any atom is 0.416 e. The normalized spacial score (nSPS) is 14.1. The molecule has 0 fully saturated rings. The van der Waals surface area contributed by atoms with Crippen LogP contribution in [0.5, 0.6) is 0 Å². The molecule has 120 valence electrons. The predicted molar refractivity (Wildman–Crippen MR) is 69.4 cm³/mol. The van der Waals surface area contributed by atoms with Gasteiger partial charge in [0.15, 0.2) is 0 Å². The van der Waals surface area contributed by atoms with Gasteiger partial charge in [-0.1, -0.05) is 11.6 Å². The number of nitrogens with one attached hydrogen (secondary N) is 1. The third kappa shape index (κ3) is 6.46. The Morgan fingerprint density at radius 1 is 1.14 bits per heavy atom. The van der Waals surface area contributed by atoms with Crippen molar-refractivity contribution in [1.29, 1.82) is 0 Å². The molecular formula is C13H14ClF6N. The Morgan fingerprint density at radius 2 is 1.76 bits per heavy atom. The molecule has 1 aromatic rings. The fourth-order valence-corrected chi connectivity index (χ4v) is 1.99. The highest BCUT2D eigenvalue weighted by atomic mass is 35.5. The molecule has 8 heteroatoms. The van der Waals surface area contributed by atoms with Crippen molar-refractivity contribution in [3.8, 4) is 0 Å². The fourth-order valence-electron chi connectivity index (χ4n) is 1.75. The van der Waals surface area contributed by atoms with Crippen molar-refractivity contribution in [1.82, 2.24) is 0 Å². The van der Waals surface area contributed by atoms with E-state index in [1.54, 1.807) is 6.92 Å². The van der Waals surface area contributed by atoms with Gasteiger partial charge in [0, 0.05) is 12.5 Å². The first-order valence-electron chi connectivity index (χ1n) is 6.19. The third-order valence-electron chi connectivity index (χ3n) is 2.80. The van der Waals surface area contributed by atoms with Gasteiger partial charge in [0.2, 0.25) is 0 Å². The van der Waals surface area contributed by atoms with Crippen molar-refractivity contribution >= 4 is 17.3 Å². The summed E-state index contributed by atoms with van der Waals surface area (Å²) in [7, 11) is 0. The molecule has 0 spiro atoms. The van der Waals surface area contributed by atoms with Crippen molar-refractivity contribution in [2.24, 2.45) is 0 Å². The van der Waals surface area contributed by atoms with Gasteiger partial charge >= 0.3 is 12.4 Å². The van der Waals surface area contributed by atoms with E-state index in [9.17, 15) is 26.3 Å². The van der Waals surface area contributed by atoms with E-state index >= 15 is 0 Å². The summed E-state index contributed by atoms with van der Waals surface area (Å²) in [5, 5.41) is 2.69. The van der Waals surface area contributed by atoms with Crippen LogP contribution in [0.15, 0.2) is 18.2 Å². The molecule has 0 aromatic heterocycles. The van der Waals surface area contributed by atoms with E-state index in [4.69, 9.17) is 11.6 Å². The predicted octanol–water partition coefficient (Wildman–Crippen LogP) is 5.89. The van der Waals surface area contributed by atoms with Gasteiger partial charge in [0.1, 0.15) is 0 Å². The lowest BCUT2D eigenvalue weighted by Crippen LogP contribution is -2.17. The van der Waals surface area contributed by atoms with E-state index in [1.165, 1.54) is 6.07 Å². The van der Waals surface area contributed by atoms with Crippen LogP contribution in [0.25, 0.3) is 0 Å². The van der Waals surface area contributed by atoms with Crippen LogP contribution in [0.2, 0.25) is 5.02 Å². The van der Waals surface area contributed by atoms with Crippen LogP contribution in [0, 0.1) is 0 Å². The number of hydrogen-bond acceptors (Lipinski definition) is 1. The van der Waals surface area contributed by atoms with Gasteiger partial charge in [0.25, 0.3) is 0 Å². The Balaban J connectivity index is 2.59. The quantitative estimate of drug-likeness (QED) is 0.662. The molecule has 0 saturated carbocycles. The van der Waals surface area contributed by atoms with E-state index < -0.39 is 24.3 Å². The first kappa shape index (κ1) is 17.9. The number of benzene rings is 1. The molecule has 0 saturated heterocycles. The van der Waals surface area contributed by atoms with E-state index in [2.05, 4.69) is 5.32 Å². The molecule has 21 heavy (non-hydrogen) atoms. The lowest BCUT2D eigenvalue weighted by Gasteiger charge is -2.17. The van der Waals surface area contributed by atoms with Crippen molar-refractivity contribution < 1.29 is 26.3 Å². The first-order valence-corrected chi connectivity index (χ1v) is 6.57. The summed E-state index contributed by atoms with van der Waals surface area (Å²) in [5.74, 6) is 0. The van der Waals surface area contributed by atoms with Crippen LogP contribution in [-0.2, 0) is 6.18 Å². The standard InChI is InChI=1S/C13H14ClF6N/c1-8(3-2-6-12(15,16)17)21-11-5-4-9(7-10(11)14)13(18,19)20/h4-5,7-8,21H,2-3,6H2,1H3. The second-order valence-corrected chi connectivity index (χ2v) is 5.15.